The summed E-state index contributed by atoms with van der Waals surface area (Å²) in [6.07, 6.45) is -0.270. The van der Waals surface area contributed by atoms with Crippen LogP contribution in [0.4, 0.5) is 4.39 Å². The van der Waals surface area contributed by atoms with Gasteiger partial charge in [0, 0.05) is 24.2 Å². The molecule has 1 N–H and O–H groups in total. The van der Waals surface area contributed by atoms with Crippen LogP contribution < -0.4 is 5.32 Å². The molecule has 1 atom stereocenters. The molecule has 2 rings (SSSR count). The first-order valence-electron chi connectivity index (χ1n) is 8.12. The van der Waals surface area contributed by atoms with Crippen molar-refractivity contribution < 1.29 is 14.0 Å². The summed E-state index contributed by atoms with van der Waals surface area (Å²) >= 11 is 18.0. The molecule has 0 heterocycles. The van der Waals surface area contributed by atoms with Gasteiger partial charge >= 0.3 is 0 Å². The highest BCUT2D eigenvalue weighted by Gasteiger charge is 2.27. The second kappa shape index (κ2) is 9.40. The van der Waals surface area contributed by atoms with Crippen LogP contribution in [0.25, 0.3) is 0 Å². The number of hydrogen-bond acceptors (Lipinski definition) is 2. The van der Waals surface area contributed by atoms with Crippen LogP contribution in [0.15, 0.2) is 36.4 Å². The minimum Gasteiger partial charge on any atom is -0.357 e. The standard InChI is InChI=1S/C19H18Cl3FN2O2/c1-11(19(27)24-2)25(10-12-6-7-15(21)16(22)8-12)18(26)9-13-14(20)4-3-5-17(13)23/h3-8,11H,9-10H2,1-2H3,(H,24,27). The first-order chi connectivity index (χ1) is 12.7. The van der Waals surface area contributed by atoms with Crippen molar-refractivity contribution in [3.05, 3.63) is 68.4 Å². The molecule has 4 nitrogen and oxygen atoms in total. The molecule has 2 aromatic rings. The molecular weight excluding hydrogens is 414 g/mol. The van der Waals surface area contributed by atoms with Gasteiger partial charge in [0.1, 0.15) is 11.9 Å². The molecule has 0 aliphatic rings. The molecule has 0 saturated carbocycles. The molecule has 144 valence electrons. The summed E-state index contributed by atoms with van der Waals surface area (Å²) in [6, 6.07) is 8.38. The van der Waals surface area contributed by atoms with Crippen LogP contribution in [-0.2, 0) is 22.6 Å². The second-order valence-corrected chi connectivity index (χ2v) is 7.16. The zero-order valence-electron chi connectivity index (χ0n) is 14.7. The highest BCUT2D eigenvalue weighted by atomic mass is 35.5. The van der Waals surface area contributed by atoms with E-state index in [1.165, 1.54) is 30.1 Å². The van der Waals surface area contributed by atoms with E-state index >= 15 is 0 Å². The van der Waals surface area contributed by atoms with E-state index in [2.05, 4.69) is 5.32 Å². The van der Waals surface area contributed by atoms with Crippen LogP contribution in [0.1, 0.15) is 18.1 Å². The van der Waals surface area contributed by atoms with E-state index in [-0.39, 0.29) is 29.5 Å². The van der Waals surface area contributed by atoms with Gasteiger partial charge in [0.05, 0.1) is 16.5 Å². The fourth-order valence-corrected chi connectivity index (χ4v) is 3.13. The van der Waals surface area contributed by atoms with E-state index in [1.54, 1.807) is 25.1 Å². The average molecular weight is 432 g/mol. The minimum atomic E-state index is -0.775. The predicted molar refractivity (Wildman–Crippen MR) is 106 cm³/mol. The lowest BCUT2D eigenvalue weighted by atomic mass is 10.1. The van der Waals surface area contributed by atoms with Crippen molar-refractivity contribution in [3.8, 4) is 0 Å². The molecule has 0 aliphatic carbocycles. The average Bonchev–Trinajstić information content (AvgIpc) is 2.64. The van der Waals surface area contributed by atoms with Gasteiger partial charge in [0.15, 0.2) is 0 Å². The van der Waals surface area contributed by atoms with E-state index in [0.717, 1.165) is 0 Å². The first kappa shape index (κ1) is 21.5. The third-order valence-electron chi connectivity index (χ3n) is 4.14. The molecule has 8 heteroatoms. The van der Waals surface area contributed by atoms with Gasteiger partial charge < -0.3 is 10.2 Å². The highest BCUT2D eigenvalue weighted by Crippen LogP contribution is 2.25. The Bertz CT molecular complexity index is 841. The Kier molecular flexibility index (Phi) is 7.48. The van der Waals surface area contributed by atoms with Crippen LogP contribution >= 0.6 is 34.8 Å². The van der Waals surface area contributed by atoms with Gasteiger partial charge in [-0.1, -0.05) is 46.9 Å². The largest absolute Gasteiger partial charge is 0.357 e. The van der Waals surface area contributed by atoms with Crippen molar-refractivity contribution in [1.29, 1.82) is 0 Å². The Morgan fingerprint density at radius 1 is 1.11 bits per heavy atom. The topological polar surface area (TPSA) is 49.4 Å². The Labute approximate surface area is 172 Å². The van der Waals surface area contributed by atoms with Crippen LogP contribution in [0.3, 0.4) is 0 Å². The number of likely N-dealkylation sites (N-methyl/N-ethyl adjacent to an activating group) is 1. The lowest BCUT2D eigenvalue weighted by molar-refractivity contribution is -0.139. The molecule has 27 heavy (non-hydrogen) atoms. The first-order valence-corrected chi connectivity index (χ1v) is 9.25. The van der Waals surface area contributed by atoms with Crippen LogP contribution in [0, 0.1) is 5.82 Å². The quantitative estimate of drug-likeness (QED) is 0.732. The number of nitrogens with one attached hydrogen (secondary N) is 1. The SMILES string of the molecule is CNC(=O)C(C)N(Cc1ccc(Cl)c(Cl)c1)C(=O)Cc1c(F)cccc1Cl. The van der Waals surface area contributed by atoms with E-state index in [9.17, 15) is 14.0 Å². The Morgan fingerprint density at radius 2 is 1.81 bits per heavy atom. The number of hydrogen-bond donors (Lipinski definition) is 1. The third kappa shape index (κ3) is 5.34. The van der Waals surface area contributed by atoms with Crippen molar-refractivity contribution in [2.45, 2.75) is 25.9 Å². The van der Waals surface area contributed by atoms with Crippen LogP contribution in [0.5, 0.6) is 0 Å². The Balaban J connectivity index is 2.32. The van der Waals surface area contributed by atoms with Gasteiger partial charge in [0.25, 0.3) is 0 Å². The summed E-state index contributed by atoms with van der Waals surface area (Å²) in [7, 11) is 1.48. The number of carbonyl (C=O) groups excluding carboxylic acids is 2. The second-order valence-electron chi connectivity index (χ2n) is 5.94. The maximum Gasteiger partial charge on any atom is 0.242 e. The van der Waals surface area contributed by atoms with Crippen molar-refractivity contribution >= 4 is 46.6 Å². The Morgan fingerprint density at radius 3 is 2.41 bits per heavy atom. The molecule has 0 saturated heterocycles. The highest BCUT2D eigenvalue weighted by molar-refractivity contribution is 6.42. The summed E-state index contributed by atoms with van der Waals surface area (Å²) in [6.45, 7) is 1.70. The molecule has 0 spiro atoms. The molecule has 0 aliphatic heterocycles. The molecule has 0 fully saturated rings. The molecule has 0 radical (unpaired) electrons. The van der Waals surface area contributed by atoms with Crippen molar-refractivity contribution in [2.75, 3.05) is 7.05 Å². The lowest BCUT2D eigenvalue weighted by Crippen LogP contribution is -2.47. The molecule has 1 unspecified atom stereocenters. The van der Waals surface area contributed by atoms with E-state index in [1.807, 2.05) is 0 Å². The third-order valence-corrected chi connectivity index (χ3v) is 5.23. The van der Waals surface area contributed by atoms with Gasteiger partial charge in [-0.15, -0.1) is 0 Å². The number of nitrogens with zero attached hydrogens (tertiary/aromatic N) is 1. The summed E-state index contributed by atoms with van der Waals surface area (Å²) in [5.41, 5.74) is 0.778. The number of rotatable bonds is 6. The van der Waals surface area contributed by atoms with E-state index in [0.29, 0.717) is 15.6 Å². The number of amides is 2. The van der Waals surface area contributed by atoms with Gasteiger partial charge in [-0.2, -0.15) is 0 Å². The van der Waals surface area contributed by atoms with Gasteiger partial charge in [-0.25, -0.2) is 4.39 Å². The van der Waals surface area contributed by atoms with Gasteiger partial charge in [-0.05, 0) is 36.8 Å². The monoisotopic (exact) mass is 430 g/mol. The van der Waals surface area contributed by atoms with Crippen molar-refractivity contribution in [3.63, 3.8) is 0 Å². The predicted octanol–water partition coefficient (Wildman–Crippen LogP) is 4.49. The fraction of sp³-hybridized carbons (Fsp3) is 0.263. The minimum absolute atomic E-state index is 0.0902. The smallest absolute Gasteiger partial charge is 0.242 e. The fourth-order valence-electron chi connectivity index (χ4n) is 2.58. The molecular formula is C19H18Cl3FN2O2. The zero-order chi connectivity index (χ0) is 20.1. The molecule has 0 aromatic heterocycles. The summed E-state index contributed by atoms with van der Waals surface area (Å²) in [5.74, 6) is -1.36. The summed E-state index contributed by atoms with van der Waals surface area (Å²) < 4.78 is 14.1. The normalized spacial score (nSPS) is 11.8. The lowest BCUT2D eigenvalue weighted by Gasteiger charge is -2.28. The summed E-state index contributed by atoms with van der Waals surface area (Å²) in [4.78, 5) is 26.3. The van der Waals surface area contributed by atoms with Crippen LogP contribution in [0.2, 0.25) is 15.1 Å². The van der Waals surface area contributed by atoms with E-state index in [4.69, 9.17) is 34.8 Å². The van der Waals surface area contributed by atoms with Gasteiger partial charge in [0.2, 0.25) is 11.8 Å². The molecule has 2 amide bonds. The maximum atomic E-state index is 14.1. The van der Waals surface area contributed by atoms with Crippen molar-refractivity contribution in [1.82, 2.24) is 10.2 Å². The maximum absolute atomic E-state index is 14.1. The molecule has 0 bridgehead atoms. The summed E-state index contributed by atoms with van der Waals surface area (Å²) in [5, 5.41) is 3.39. The number of benzene rings is 2. The Hall–Kier alpha value is -1.82. The number of halogens is 4. The van der Waals surface area contributed by atoms with E-state index < -0.39 is 17.8 Å². The van der Waals surface area contributed by atoms with Crippen LogP contribution in [-0.4, -0.2) is 29.8 Å². The van der Waals surface area contributed by atoms with Gasteiger partial charge in [-0.3, -0.25) is 9.59 Å². The molecule has 2 aromatic carbocycles. The number of carbonyl (C=O) groups is 2. The zero-order valence-corrected chi connectivity index (χ0v) is 17.0. The van der Waals surface area contributed by atoms with Crippen molar-refractivity contribution in [2.24, 2.45) is 0 Å².